The standard InChI is InChI=1S/C25H26N4O2.C24H24N4O2.CH2O/c1-28-7-9-29(10-8-28)21-6-5-19-13-24(27-23(19)14-21)22-12-20(15-26-25(22)31)18-4-2-3-17(11-18)16-30;29-15-16-2-1-3-17(10-16)19-11-21(24(30)26-14-19)23-12-18-4-5-20(13-22(18)27-23)28-8-6-25-7-9-28;1-2/h2-6,11-12,14-15,30H,7-10,13,16H2,1H3,(H,26,31);1-5,10-11,13-14,25,29H,6-9,12,15H2,(H,26,30);1H2. The van der Waals surface area contributed by atoms with Crippen LogP contribution in [0.5, 0.6) is 0 Å². The minimum atomic E-state index is -0.133. The molecule has 2 aromatic heterocycles. The fourth-order valence-electron chi connectivity index (χ4n) is 8.46. The first-order chi connectivity index (χ1) is 30.8. The Morgan fingerprint density at radius 3 is 1.49 bits per heavy atom. The number of pyridine rings is 2. The topological polar surface area (TPSA) is 170 Å². The van der Waals surface area contributed by atoms with Crippen LogP contribution in [-0.4, -0.2) is 103 Å². The van der Waals surface area contributed by atoms with Crippen molar-refractivity contribution in [3.05, 3.63) is 164 Å². The van der Waals surface area contributed by atoms with Gasteiger partial charge in [0, 0.05) is 89.0 Å². The lowest BCUT2D eigenvalue weighted by Crippen LogP contribution is -2.44. The van der Waals surface area contributed by atoms with Crippen LogP contribution < -0.4 is 26.2 Å². The van der Waals surface area contributed by atoms with Gasteiger partial charge in [0.1, 0.15) is 6.79 Å². The van der Waals surface area contributed by atoms with Crippen LogP contribution in [0.2, 0.25) is 0 Å². The molecule has 2 fully saturated rings. The number of aliphatic hydroxyl groups excluding tert-OH is 2. The maximum atomic E-state index is 12.6. The lowest BCUT2D eigenvalue weighted by atomic mass is 10.00. The van der Waals surface area contributed by atoms with Crippen molar-refractivity contribution in [2.24, 2.45) is 9.98 Å². The average molecular weight is 845 g/mol. The zero-order chi connectivity index (χ0) is 43.9. The molecule has 0 bridgehead atoms. The predicted molar refractivity (Wildman–Crippen MR) is 251 cm³/mol. The molecule has 13 nitrogen and oxygen atoms in total. The lowest BCUT2D eigenvalue weighted by Gasteiger charge is -2.34. The van der Waals surface area contributed by atoms with Crippen LogP contribution in [-0.2, 0) is 30.8 Å². The number of fused-ring (bicyclic) bond motifs is 2. The van der Waals surface area contributed by atoms with Crippen molar-refractivity contribution in [3.63, 3.8) is 0 Å². The molecule has 0 atom stereocenters. The van der Waals surface area contributed by atoms with Crippen LogP contribution in [0.4, 0.5) is 22.7 Å². The number of carbonyl (C=O) groups is 1. The summed E-state index contributed by atoms with van der Waals surface area (Å²) in [5.74, 6) is 0. The summed E-state index contributed by atoms with van der Waals surface area (Å²) in [6, 6.07) is 32.1. The van der Waals surface area contributed by atoms with Gasteiger partial charge in [-0.3, -0.25) is 19.6 Å². The second kappa shape index (κ2) is 19.5. The molecule has 6 aromatic rings. The van der Waals surface area contributed by atoms with E-state index in [1.165, 1.54) is 11.4 Å². The number of aliphatic hydroxyl groups is 2. The number of piperazine rings is 2. The van der Waals surface area contributed by atoms with Crippen LogP contribution in [0.3, 0.4) is 0 Å². The van der Waals surface area contributed by atoms with Crippen molar-refractivity contribution in [1.29, 1.82) is 0 Å². The fourth-order valence-corrected chi connectivity index (χ4v) is 8.46. The number of aliphatic imine (C=N–C) groups is 2. The molecule has 5 N–H and O–H groups in total. The summed E-state index contributed by atoms with van der Waals surface area (Å²) in [4.78, 5) is 55.7. The summed E-state index contributed by atoms with van der Waals surface area (Å²) in [7, 11) is 2.16. The highest BCUT2D eigenvalue weighted by Gasteiger charge is 2.23. The highest BCUT2D eigenvalue weighted by molar-refractivity contribution is 6.08. The average Bonchev–Trinajstić information content (AvgIpc) is 3.97. The van der Waals surface area contributed by atoms with Gasteiger partial charge in [0.25, 0.3) is 11.1 Å². The summed E-state index contributed by atoms with van der Waals surface area (Å²) in [6.07, 6.45) is 4.74. The molecular formula is C50H52N8O5. The number of carbonyl (C=O) groups excluding carboxylic acids is 1. The molecular weight excluding hydrogens is 793 g/mol. The molecule has 4 aromatic carbocycles. The molecule has 322 valence electrons. The van der Waals surface area contributed by atoms with Gasteiger partial charge in [-0.2, -0.15) is 0 Å². The number of rotatable bonds is 8. The molecule has 4 aliphatic rings. The zero-order valence-electron chi connectivity index (χ0n) is 35.4. The highest BCUT2D eigenvalue weighted by atomic mass is 16.3. The molecule has 0 aliphatic carbocycles. The predicted octanol–water partition coefficient (Wildman–Crippen LogP) is 5.40. The second-order valence-corrected chi connectivity index (χ2v) is 16.1. The number of H-pyrrole nitrogens is 2. The number of hydrogen-bond donors (Lipinski definition) is 5. The Bertz CT molecular complexity index is 2780. The van der Waals surface area contributed by atoms with Gasteiger partial charge >= 0.3 is 0 Å². The Morgan fingerprint density at radius 2 is 1.03 bits per heavy atom. The zero-order valence-corrected chi connectivity index (χ0v) is 35.4. The van der Waals surface area contributed by atoms with E-state index in [2.05, 4.69) is 73.4 Å². The smallest absolute Gasteiger partial charge is 0.257 e. The highest BCUT2D eigenvalue weighted by Crippen LogP contribution is 2.35. The first-order valence-corrected chi connectivity index (χ1v) is 21.3. The van der Waals surface area contributed by atoms with E-state index in [4.69, 9.17) is 14.8 Å². The monoisotopic (exact) mass is 844 g/mol. The van der Waals surface area contributed by atoms with Crippen LogP contribution in [0.25, 0.3) is 22.3 Å². The molecule has 2 saturated heterocycles. The first kappa shape index (κ1) is 42.9. The maximum absolute atomic E-state index is 12.6. The number of likely N-dealkylation sites (N-methyl/N-ethyl adjacent to an activating group) is 1. The van der Waals surface area contributed by atoms with Crippen molar-refractivity contribution >= 4 is 41.0 Å². The SMILES string of the molecule is C=O.CN1CCN(c2ccc3c(c2)N=C(c2cc(-c4cccc(CO)c4)c[nH]c2=O)C3)CC1.O=c1[nH]cc(-c2cccc(CO)c2)cc1C1=Nc2cc(N3CCNCC3)ccc2C1. The molecule has 13 heteroatoms. The number of aromatic amines is 2. The molecule has 6 heterocycles. The molecule has 0 unspecified atom stereocenters. The van der Waals surface area contributed by atoms with Crippen molar-refractivity contribution in [2.45, 2.75) is 26.1 Å². The normalized spacial score (nSPS) is 15.6. The summed E-state index contributed by atoms with van der Waals surface area (Å²) >= 11 is 0. The van der Waals surface area contributed by atoms with Gasteiger partial charge in [-0.15, -0.1) is 0 Å². The number of aromatic nitrogens is 2. The van der Waals surface area contributed by atoms with Crippen molar-refractivity contribution in [3.8, 4) is 22.3 Å². The third-order valence-electron chi connectivity index (χ3n) is 12.0. The minimum absolute atomic E-state index is 0.0122. The van der Waals surface area contributed by atoms with Crippen molar-refractivity contribution in [2.75, 3.05) is 69.2 Å². The van der Waals surface area contributed by atoms with Crippen molar-refractivity contribution in [1.82, 2.24) is 20.2 Å². The summed E-state index contributed by atoms with van der Waals surface area (Å²) in [5.41, 5.74) is 14.5. The Labute approximate surface area is 366 Å². The molecule has 10 rings (SSSR count). The fraction of sp³-hybridized carbons (Fsp3) is 0.260. The number of hydrogen-bond acceptors (Lipinski definition) is 11. The van der Waals surface area contributed by atoms with E-state index in [0.29, 0.717) is 24.0 Å². The molecule has 0 radical (unpaired) electrons. The molecule has 0 amide bonds. The van der Waals surface area contributed by atoms with Gasteiger partial charge in [0.05, 0.1) is 47.1 Å². The Hall–Kier alpha value is -6.77. The van der Waals surface area contributed by atoms with Crippen molar-refractivity contribution < 1.29 is 15.0 Å². The summed E-state index contributed by atoms with van der Waals surface area (Å²) in [5, 5.41) is 22.2. The first-order valence-electron chi connectivity index (χ1n) is 21.3. The number of nitrogens with one attached hydrogen (secondary N) is 3. The Balaban J connectivity index is 0.000000166. The third-order valence-corrected chi connectivity index (χ3v) is 12.0. The second-order valence-electron chi connectivity index (χ2n) is 16.1. The van der Waals surface area contributed by atoms with Gasteiger partial charge < -0.3 is 45.0 Å². The maximum Gasteiger partial charge on any atom is 0.257 e. The van der Waals surface area contributed by atoms with Gasteiger partial charge in [-0.25, -0.2) is 0 Å². The Morgan fingerprint density at radius 1 is 0.571 bits per heavy atom. The lowest BCUT2D eigenvalue weighted by molar-refractivity contribution is -0.0980. The van der Waals surface area contributed by atoms with Gasteiger partial charge in [0.15, 0.2) is 0 Å². The molecule has 63 heavy (non-hydrogen) atoms. The van der Waals surface area contributed by atoms with Crippen LogP contribution in [0.1, 0.15) is 33.4 Å². The molecule has 4 aliphatic heterocycles. The summed E-state index contributed by atoms with van der Waals surface area (Å²) < 4.78 is 0. The van der Waals surface area contributed by atoms with E-state index in [1.54, 1.807) is 12.4 Å². The third kappa shape index (κ3) is 9.67. The van der Waals surface area contributed by atoms with E-state index in [-0.39, 0.29) is 24.3 Å². The quantitative estimate of drug-likeness (QED) is 0.135. The van der Waals surface area contributed by atoms with E-state index in [1.807, 2.05) is 67.5 Å². The number of nitrogens with zero attached hydrogens (tertiary/aromatic N) is 5. The van der Waals surface area contributed by atoms with Crippen LogP contribution >= 0.6 is 0 Å². The number of benzene rings is 4. The largest absolute Gasteiger partial charge is 0.392 e. The van der Waals surface area contributed by atoms with Crippen LogP contribution in [0.15, 0.2) is 129 Å². The molecule has 0 saturated carbocycles. The van der Waals surface area contributed by atoms with Gasteiger partial charge in [-0.05, 0) is 100 Å². The van der Waals surface area contributed by atoms with Gasteiger partial charge in [-0.1, -0.05) is 48.5 Å². The summed E-state index contributed by atoms with van der Waals surface area (Å²) in [6.45, 7) is 10.1. The van der Waals surface area contributed by atoms with E-state index < -0.39 is 0 Å². The van der Waals surface area contributed by atoms with E-state index in [0.717, 1.165) is 120 Å². The minimum Gasteiger partial charge on any atom is -0.392 e. The van der Waals surface area contributed by atoms with Crippen LogP contribution in [0, 0.1) is 0 Å². The van der Waals surface area contributed by atoms with E-state index >= 15 is 0 Å². The molecule has 0 spiro atoms. The van der Waals surface area contributed by atoms with Gasteiger partial charge in [0.2, 0.25) is 0 Å². The Kier molecular flexibility index (Phi) is 13.3. The van der Waals surface area contributed by atoms with E-state index in [9.17, 15) is 19.8 Å². The number of anilines is 2.